The van der Waals surface area contributed by atoms with E-state index >= 15 is 0 Å². The smallest absolute Gasteiger partial charge is 0.229 e. The van der Waals surface area contributed by atoms with E-state index in [4.69, 9.17) is 9.47 Å². The lowest BCUT2D eigenvalue weighted by atomic mass is 10.2. The van der Waals surface area contributed by atoms with E-state index in [1.807, 2.05) is 55.5 Å². The van der Waals surface area contributed by atoms with Crippen LogP contribution in [0.1, 0.15) is 10.6 Å². The summed E-state index contributed by atoms with van der Waals surface area (Å²) in [7, 11) is 3.25. The van der Waals surface area contributed by atoms with Crippen LogP contribution in [0.5, 0.6) is 11.5 Å². The molecule has 1 N–H and O–H groups in total. The largest absolute Gasteiger partial charge is 0.497 e. The fraction of sp³-hybridized carbons (Fsp3) is 0.200. The van der Waals surface area contributed by atoms with Crippen molar-refractivity contribution in [1.29, 1.82) is 0 Å². The minimum Gasteiger partial charge on any atom is -0.497 e. The topological polar surface area (TPSA) is 60.5 Å². The summed E-state index contributed by atoms with van der Waals surface area (Å²) in [6.45, 7) is 1.93. The first-order valence-corrected chi connectivity index (χ1v) is 8.95. The van der Waals surface area contributed by atoms with Crippen LogP contribution in [0.15, 0.2) is 48.5 Å². The predicted molar refractivity (Wildman–Crippen MR) is 104 cm³/mol. The number of nitrogens with zero attached hydrogens (tertiary/aromatic N) is 1. The molecule has 1 aromatic heterocycles. The molecule has 0 aliphatic heterocycles. The predicted octanol–water partition coefficient (Wildman–Crippen LogP) is 4.32. The maximum atomic E-state index is 12.3. The third-order valence-electron chi connectivity index (χ3n) is 3.92. The highest BCUT2D eigenvalue weighted by Gasteiger charge is 2.13. The molecular weight excluding hydrogens is 348 g/mol. The van der Waals surface area contributed by atoms with Gasteiger partial charge in [-0.25, -0.2) is 4.98 Å². The highest BCUT2D eigenvalue weighted by atomic mass is 32.1. The third-order valence-corrected chi connectivity index (χ3v) is 5.13. The average molecular weight is 368 g/mol. The van der Waals surface area contributed by atoms with Crippen LogP contribution in [0, 0.1) is 6.92 Å². The lowest BCUT2D eigenvalue weighted by Crippen LogP contribution is -2.14. The Hall–Kier alpha value is -2.86. The third kappa shape index (κ3) is 4.21. The lowest BCUT2D eigenvalue weighted by molar-refractivity contribution is -0.115. The normalized spacial score (nSPS) is 10.4. The van der Waals surface area contributed by atoms with Gasteiger partial charge in [0.05, 0.1) is 26.3 Å². The van der Waals surface area contributed by atoms with Crippen molar-refractivity contribution >= 4 is 22.9 Å². The number of carbonyl (C=O) groups is 1. The van der Waals surface area contributed by atoms with Gasteiger partial charge < -0.3 is 14.8 Å². The highest BCUT2D eigenvalue weighted by molar-refractivity contribution is 7.15. The monoisotopic (exact) mass is 368 g/mol. The van der Waals surface area contributed by atoms with E-state index in [-0.39, 0.29) is 5.91 Å². The molecule has 3 aromatic rings. The van der Waals surface area contributed by atoms with E-state index < -0.39 is 0 Å². The molecule has 2 aromatic carbocycles. The van der Waals surface area contributed by atoms with Crippen LogP contribution in [0.3, 0.4) is 0 Å². The summed E-state index contributed by atoms with van der Waals surface area (Å²) < 4.78 is 10.3. The zero-order valence-electron chi connectivity index (χ0n) is 14.9. The van der Waals surface area contributed by atoms with Gasteiger partial charge in [-0.15, -0.1) is 11.3 Å². The molecule has 0 aliphatic rings. The van der Waals surface area contributed by atoms with Gasteiger partial charge in [-0.2, -0.15) is 0 Å². The second-order valence-electron chi connectivity index (χ2n) is 5.71. The first kappa shape index (κ1) is 17.9. The number of amides is 1. The van der Waals surface area contributed by atoms with Crippen molar-refractivity contribution in [3.8, 4) is 22.1 Å². The van der Waals surface area contributed by atoms with Crippen LogP contribution in [-0.2, 0) is 11.2 Å². The molecule has 1 amide bonds. The molecule has 0 saturated carbocycles. The van der Waals surface area contributed by atoms with Gasteiger partial charge >= 0.3 is 0 Å². The van der Waals surface area contributed by atoms with Crippen LogP contribution >= 0.6 is 11.3 Å². The van der Waals surface area contributed by atoms with Crippen LogP contribution in [0.2, 0.25) is 0 Å². The van der Waals surface area contributed by atoms with Crippen molar-refractivity contribution in [3.05, 3.63) is 59.1 Å². The number of methoxy groups -OCH3 is 2. The van der Waals surface area contributed by atoms with Crippen LogP contribution in [0.25, 0.3) is 10.6 Å². The fourth-order valence-corrected chi connectivity index (χ4v) is 3.54. The number of hydrogen-bond acceptors (Lipinski definition) is 5. The van der Waals surface area contributed by atoms with Gasteiger partial charge in [0, 0.05) is 16.1 Å². The van der Waals surface area contributed by atoms with Crippen molar-refractivity contribution in [1.82, 2.24) is 4.98 Å². The molecule has 6 heteroatoms. The van der Waals surface area contributed by atoms with Gasteiger partial charge in [-0.05, 0) is 55.5 Å². The minimum atomic E-state index is -0.0665. The van der Waals surface area contributed by atoms with Gasteiger partial charge in [0.15, 0.2) is 0 Å². The summed E-state index contributed by atoms with van der Waals surface area (Å²) in [6.07, 6.45) is 0.297. The second-order valence-corrected chi connectivity index (χ2v) is 6.79. The molecule has 26 heavy (non-hydrogen) atoms. The highest BCUT2D eigenvalue weighted by Crippen LogP contribution is 2.29. The number of rotatable bonds is 6. The molecule has 0 unspecified atom stereocenters. The average Bonchev–Trinajstić information content (AvgIpc) is 3.02. The number of carbonyl (C=O) groups excluding carboxylic acids is 1. The van der Waals surface area contributed by atoms with Crippen molar-refractivity contribution in [2.75, 3.05) is 19.5 Å². The van der Waals surface area contributed by atoms with E-state index in [1.165, 1.54) is 11.3 Å². The van der Waals surface area contributed by atoms with E-state index in [9.17, 15) is 4.79 Å². The molecule has 134 valence electrons. The molecule has 3 rings (SSSR count). The Bertz CT molecular complexity index is 886. The fourth-order valence-electron chi connectivity index (χ4n) is 2.47. The molecule has 0 aliphatic carbocycles. The number of ether oxygens (including phenoxy) is 2. The Kier molecular flexibility index (Phi) is 5.53. The van der Waals surface area contributed by atoms with E-state index in [0.29, 0.717) is 6.42 Å². The number of hydrogen-bond donors (Lipinski definition) is 1. The quantitative estimate of drug-likeness (QED) is 0.704. The number of aromatic nitrogens is 1. The SMILES string of the molecule is COc1ccc(NC(=O)Cc2sc(-c3ccc(OC)cc3)nc2C)cc1. The van der Waals surface area contributed by atoms with Crippen LogP contribution in [0.4, 0.5) is 5.69 Å². The van der Waals surface area contributed by atoms with Crippen molar-refractivity contribution in [2.45, 2.75) is 13.3 Å². The molecule has 0 fully saturated rings. The molecule has 5 nitrogen and oxygen atoms in total. The molecule has 0 bridgehead atoms. The number of nitrogens with one attached hydrogen (secondary N) is 1. The minimum absolute atomic E-state index is 0.0665. The van der Waals surface area contributed by atoms with E-state index in [2.05, 4.69) is 10.3 Å². The maximum Gasteiger partial charge on any atom is 0.229 e. The van der Waals surface area contributed by atoms with E-state index in [1.54, 1.807) is 14.2 Å². The van der Waals surface area contributed by atoms with Gasteiger partial charge in [0.25, 0.3) is 0 Å². The van der Waals surface area contributed by atoms with Crippen molar-refractivity contribution < 1.29 is 14.3 Å². The molecule has 0 spiro atoms. The van der Waals surface area contributed by atoms with Gasteiger partial charge in [0.1, 0.15) is 16.5 Å². The summed E-state index contributed by atoms with van der Waals surface area (Å²) in [5, 5.41) is 3.80. The zero-order valence-corrected chi connectivity index (χ0v) is 15.7. The summed E-state index contributed by atoms with van der Waals surface area (Å²) in [5.41, 5.74) is 2.64. The van der Waals surface area contributed by atoms with Gasteiger partial charge in [0.2, 0.25) is 5.91 Å². The lowest BCUT2D eigenvalue weighted by Gasteiger charge is -2.05. The molecule has 0 radical (unpaired) electrons. The zero-order chi connectivity index (χ0) is 18.5. The summed E-state index contributed by atoms with van der Waals surface area (Å²) in [5.74, 6) is 1.50. The van der Waals surface area contributed by atoms with Gasteiger partial charge in [-0.1, -0.05) is 0 Å². The standard InChI is InChI=1S/C20H20N2O3S/c1-13-18(12-19(23)22-15-6-10-17(25-3)11-7-15)26-20(21-13)14-4-8-16(24-2)9-5-14/h4-11H,12H2,1-3H3,(H,22,23). The summed E-state index contributed by atoms with van der Waals surface area (Å²) in [4.78, 5) is 17.9. The van der Waals surface area contributed by atoms with Crippen molar-refractivity contribution in [2.24, 2.45) is 0 Å². The molecule has 1 heterocycles. The maximum absolute atomic E-state index is 12.3. The summed E-state index contributed by atoms with van der Waals surface area (Å²) in [6, 6.07) is 15.0. The van der Waals surface area contributed by atoms with Crippen LogP contribution in [-0.4, -0.2) is 25.1 Å². The number of thiazole rings is 1. The van der Waals surface area contributed by atoms with Gasteiger partial charge in [-0.3, -0.25) is 4.79 Å². The Morgan fingerprint density at radius 2 is 1.58 bits per heavy atom. The molecular formula is C20H20N2O3S. The Labute approximate surface area is 156 Å². The van der Waals surface area contributed by atoms with E-state index in [0.717, 1.165) is 38.3 Å². The molecule has 0 atom stereocenters. The van der Waals surface area contributed by atoms with Crippen molar-refractivity contribution in [3.63, 3.8) is 0 Å². The summed E-state index contributed by atoms with van der Waals surface area (Å²) >= 11 is 1.54. The Balaban J connectivity index is 1.69. The first-order valence-electron chi connectivity index (χ1n) is 8.13. The molecule has 0 saturated heterocycles. The number of anilines is 1. The number of aryl methyl sites for hydroxylation is 1. The number of benzene rings is 2. The first-order chi connectivity index (χ1) is 12.6. The Morgan fingerprint density at radius 3 is 2.15 bits per heavy atom. The Morgan fingerprint density at radius 1 is 1.00 bits per heavy atom. The second kappa shape index (κ2) is 8.01. The van der Waals surface area contributed by atoms with Crippen LogP contribution < -0.4 is 14.8 Å².